The fourth-order valence-corrected chi connectivity index (χ4v) is 2.90. The molecule has 0 unspecified atom stereocenters. The fourth-order valence-electron chi connectivity index (χ4n) is 2.90. The lowest BCUT2D eigenvalue weighted by molar-refractivity contribution is 0.373. The van der Waals surface area contributed by atoms with Crippen LogP contribution in [0.15, 0.2) is 74.9 Å². The highest BCUT2D eigenvalue weighted by atomic mass is 16.5. The summed E-state index contributed by atoms with van der Waals surface area (Å²) in [4.78, 5) is 16.5. The van der Waals surface area contributed by atoms with E-state index in [1.807, 2.05) is 18.2 Å². The molecule has 0 atom stereocenters. The highest BCUT2D eigenvalue weighted by Gasteiger charge is 2.08. The van der Waals surface area contributed by atoms with Crippen LogP contribution in [0.4, 0.5) is 5.69 Å². The zero-order chi connectivity index (χ0) is 18.1. The molecule has 0 amide bonds. The van der Waals surface area contributed by atoms with Crippen LogP contribution in [0, 0.1) is 0 Å². The standard InChI is InChI=1S/C21H15NO4/c1-25-19-8-4-5-13(20(19)23)12-22-14-9-10-18-17(11-14)15-6-2-3-7-16(15)21(24)26-18/h2-12,23H,1H3. The van der Waals surface area contributed by atoms with Crippen LogP contribution in [0.25, 0.3) is 21.7 Å². The Bertz CT molecular complexity index is 1210. The highest BCUT2D eigenvalue weighted by molar-refractivity contribution is 6.05. The van der Waals surface area contributed by atoms with Gasteiger partial charge in [0.25, 0.3) is 0 Å². The summed E-state index contributed by atoms with van der Waals surface area (Å²) < 4.78 is 10.5. The molecule has 0 aliphatic carbocycles. The van der Waals surface area contributed by atoms with Crippen molar-refractivity contribution in [3.63, 3.8) is 0 Å². The van der Waals surface area contributed by atoms with E-state index in [0.29, 0.717) is 28.0 Å². The molecule has 4 aromatic rings. The van der Waals surface area contributed by atoms with Gasteiger partial charge in [0.15, 0.2) is 11.5 Å². The van der Waals surface area contributed by atoms with Crippen molar-refractivity contribution in [1.82, 2.24) is 0 Å². The van der Waals surface area contributed by atoms with E-state index in [1.54, 1.807) is 48.7 Å². The van der Waals surface area contributed by atoms with Crippen LogP contribution in [0.5, 0.6) is 11.5 Å². The van der Waals surface area contributed by atoms with Gasteiger partial charge < -0.3 is 14.3 Å². The second-order valence-electron chi connectivity index (χ2n) is 5.77. The zero-order valence-corrected chi connectivity index (χ0v) is 14.0. The van der Waals surface area contributed by atoms with E-state index in [-0.39, 0.29) is 11.4 Å². The molecule has 0 saturated carbocycles. The van der Waals surface area contributed by atoms with E-state index in [4.69, 9.17) is 9.15 Å². The monoisotopic (exact) mass is 345 g/mol. The van der Waals surface area contributed by atoms with E-state index in [0.717, 1.165) is 10.8 Å². The Balaban J connectivity index is 1.82. The number of fused-ring (bicyclic) bond motifs is 3. The van der Waals surface area contributed by atoms with Gasteiger partial charge in [-0.15, -0.1) is 0 Å². The fraction of sp³-hybridized carbons (Fsp3) is 0.0476. The first-order valence-electron chi connectivity index (χ1n) is 8.03. The highest BCUT2D eigenvalue weighted by Crippen LogP contribution is 2.30. The molecule has 5 nitrogen and oxygen atoms in total. The lowest BCUT2D eigenvalue weighted by atomic mass is 10.1. The SMILES string of the molecule is COc1cccc(C=Nc2ccc3oc(=O)c4ccccc4c3c2)c1O. The lowest BCUT2D eigenvalue weighted by Gasteiger charge is -2.05. The Kier molecular flexibility index (Phi) is 3.89. The predicted molar refractivity (Wildman–Crippen MR) is 102 cm³/mol. The number of ether oxygens (including phenoxy) is 1. The van der Waals surface area contributed by atoms with Gasteiger partial charge in [-0.25, -0.2) is 4.79 Å². The van der Waals surface area contributed by atoms with Gasteiger partial charge in [0.2, 0.25) is 0 Å². The normalized spacial score (nSPS) is 11.4. The number of aromatic hydroxyl groups is 1. The summed E-state index contributed by atoms with van der Waals surface area (Å²) in [5.74, 6) is 0.427. The molecule has 0 bridgehead atoms. The number of benzene rings is 3. The average molecular weight is 345 g/mol. The summed E-state index contributed by atoms with van der Waals surface area (Å²) in [5.41, 5.74) is 1.38. The summed E-state index contributed by atoms with van der Waals surface area (Å²) in [6.45, 7) is 0. The van der Waals surface area contributed by atoms with Crippen LogP contribution in [0.1, 0.15) is 5.56 Å². The van der Waals surface area contributed by atoms with E-state index in [9.17, 15) is 9.90 Å². The lowest BCUT2D eigenvalue weighted by Crippen LogP contribution is -1.99. The van der Waals surface area contributed by atoms with Crippen molar-refractivity contribution in [2.75, 3.05) is 7.11 Å². The molecule has 0 spiro atoms. The van der Waals surface area contributed by atoms with Gasteiger partial charge in [-0.3, -0.25) is 4.99 Å². The Morgan fingerprint density at radius 2 is 1.81 bits per heavy atom. The third-order valence-electron chi connectivity index (χ3n) is 4.21. The molecule has 1 N–H and O–H groups in total. The Hall–Kier alpha value is -3.60. The largest absolute Gasteiger partial charge is 0.504 e. The molecule has 0 fully saturated rings. The molecule has 0 aliphatic rings. The van der Waals surface area contributed by atoms with Crippen molar-refractivity contribution >= 4 is 33.6 Å². The minimum atomic E-state index is -0.356. The van der Waals surface area contributed by atoms with Gasteiger partial charge >= 0.3 is 5.63 Å². The number of hydrogen-bond acceptors (Lipinski definition) is 5. The Morgan fingerprint density at radius 1 is 1.00 bits per heavy atom. The van der Waals surface area contributed by atoms with Crippen molar-refractivity contribution in [3.8, 4) is 11.5 Å². The minimum Gasteiger partial charge on any atom is -0.504 e. The van der Waals surface area contributed by atoms with Crippen molar-refractivity contribution in [3.05, 3.63) is 76.6 Å². The van der Waals surface area contributed by atoms with E-state index in [1.165, 1.54) is 7.11 Å². The molecule has 0 saturated heterocycles. The second-order valence-corrected chi connectivity index (χ2v) is 5.77. The average Bonchev–Trinajstić information content (AvgIpc) is 2.68. The van der Waals surface area contributed by atoms with Crippen LogP contribution < -0.4 is 10.4 Å². The Labute approximate surface area is 148 Å². The van der Waals surface area contributed by atoms with Crippen molar-refractivity contribution in [2.24, 2.45) is 4.99 Å². The van der Waals surface area contributed by atoms with Crippen LogP contribution in [0.3, 0.4) is 0 Å². The van der Waals surface area contributed by atoms with Crippen LogP contribution in [0.2, 0.25) is 0 Å². The molecule has 4 rings (SSSR count). The Morgan fingerprint density at radius 3 is 2.62 bits per heavy atom. The molecular weight excluding hydrogens is 330 g/mol. The first-order valence-corrected chi connectivity index (χ1v) is 8.03. The molecule has 1 heterocycles. The van der Waals surface area contributed by atoms with Crippen LogP contribution >= 0.6 is 0 Å². The molecule has 3 aromatic carbocycles. The van der Waals surface area contributed by atoms with Gasteiger partial charge in [0.1, 0.15) is 5.58 Å². The summed E-state index contributed by atoms with van der Waals surface area (Å²) in [7, 11) is 1.50. The molecule has 5 heteroatoms. The first kappa shape index (κ1) is 15.9. The molecule has 26 heavy (non-hydrogen) atoms. The molecular formula is C21H15NO4. The maximum absolute atomic E-state index is 12.1. The van der Waals surface area contributed by atoms with Crippen molar-refractivity contribution < 1.29 is 14.3 Å². The van der Waals surface area contributed by atoms with Gasteiger partial charge in [-0.05, 0) is 41.8 Å². The number of aliphatic imine (C=N–C) groups is 1. The summed E-state index contributed by atoms with van der Waals surface area (Å²) in [6, 6.07) is 17.9. The third-order valence-corrected chi connectivity index (χ3v) is 4.21. The van der Waals surface area contributed by atoms with E-state index >= 15 is 0 Å². The van der Waals surface area contributed by atoms with Crippen molar-refractivity contribution in [1.29, 1.82) is 0 Å². The van der Waals surface area contributed by atoms with Crippen LogP contribution in [-0.4, -0.2) is 18.4 Å². The molecule has 0 aliphatic heterocycles. The van der Waals surface area contributed by atoms with Gasteiger partial charge in [-0.1, -0.05) is 24.3 Å². The maximum Gasteiger partial charge on any atom is 0.344 e. The number of phenols is 1. The number of rotatable bonds is 3. The number of hydrogen-bond donors (Lipinski definition) is 1. The second kappa shape index (κ2) is 6.37. The summed E-state index contributed by atoms with van der Waals surface area (Å²) in [5, 5.41) is 12.3. The topological polar surface area (TPSA) is 72.0 Å². The quantitative estimate of drug-likeness (QED) is 0.339. The molecule has 128 valence electrons. The predicted octanol–water partition coefficient (Wildman–Crippen LogP) is 4.41. The van der Waals surface area contributed by atoms with Gasteiger partial charge in [-0.2, -0.15) is 0 Å². The minimum absolute atomic E-state index is 0.0379. The van der Waals surface area contributed by atoms with E-state index in [2.05, 4.69) is 4.99 Å². The zero-order valence-electron chi connectivity index (χ0n) is 14.0. The number of para-hydroxylation sites is 1. The van der Waals surface area contributed by atoms with Gasteiger partial charge in [0.05, 0.1) is 18.2 Å². The molecule has 1 aromatic heterocycles. The summed E-state index contributed by atoms with van der Waals surface area (Å²) in [6.07, 6.45) is 1.57. The van der Waals surface area contributed by atoms with Gasteiger partial charge in [0, 0.05) is 17.2 Å². The third kappa shape index (κ3) is 2.69. The number of methoxy groups -OCH3 is 1. The first-order chi connectivity index (χ1) is 12.7. The number of phenolic OH excluding ortho intramolecular Hbond substituents is 1. The maximum atomic E-state index is 12.1. The summed E-state index contributed by atoms with van der Waals surface area (Å²) >= 11 is 0. The van der Waals surface area contributed by atoms with Crippen LogP contribution in [-0.2, 0) is 0 Å². The molecule has 0 radical (unpaired) electrons. The van der Waals surface area contributed by atoms with Crippen molar-refractivity contribution in [2.45, 2.75) is 0 Å². The smallest absolute Gasteiger partial charge is 0.344 e. The number of nitrogens with zero attached hydrogens (tertiary/aromatic N) is 1. The van der Waals surface area contributed by atoms with E-state index < -0.39 is 0 Å².